The molecule has 0 bridgehead atoms. The number of Topliss-reactive ketones (excluding diaryl/α,β-unsaturated/α-hetero) is 1. The lowest BCUT2D eigenvalue weighted by molar-refractivity contribution is -0.124. The molecule has 0 unspecified atom stereocenters. The van der Waals surface area contributed by atoms with Crippen LogP contribution in [-0.2, 0) is 9.59 Å². The number of carbonyl (C=O) groups is 3. The zero-order valence-electron chi connectivity index (χ0n) is 11.3. The third kappa shape index (κ3) is 5.33. The maximum absolute atomic E-state index is 11.8. The lowest BCUT2D eigenvalue weighted by atomic mass is 10.1. The van der Waals surface area contributed by atoms with Gasteiger partial charge in [0.1, 0.15) is 5.78 Å². The molecule has 0 spiro atoms. The van der Waals surface area contributed by atoms with Crippen LogP contribution in [0.2, 0.25) is 0 Å². The van der Waals surface area contributed by atoms with E-state index in [1.54, 1.807) is 24.3 Å². The van der Waals surface area contributed by atoms with E-state index in [1.165, 1.54) is 6.92 Å². The summed E-state index contributed by atoms with van der Waals surface area (Å²) >= 11 is 0. The van der Waals surface area contributed by atoms with E-state index in [0.717, 1.165) is 0 Å². The summed E-state index contributed by atoms with van der Waals surface area (Å²) in [4.78, 5) is 34.1. The maximum Gasteiger partial charge on any atom is 0.251 e. The first-order valence-electron chi connectivity index (χ1n) is 6.08. The van der Waals surface area contributed by atoms with Crippen molar-refractivity contribution in [1.29, 1.82) is 0 Å². The molecule has 102 valence electrons. The molecule has 19 heavy (non-hydrogen) atoms. The monoisotopic (exact) mass is 262 g/mol. The van der Waals surface area contributed by atoms with Crippen LogP contribution >= 0.6 is 0 Å². The fourth-order valence-corrected chi connectivity index (χ4v) is 1.51. The summed E-state index contributed by atoms with van der Waals surface area (Å²) in [6.45, 7) is 5.10. The predicted octanol–water partition coefficient (Wildman–Crippen LogP) is 1.74. The SMILES string of the molecule is CC(=O)CC(=O)Nc1cccc(C(=O)NC(C)C)c1. The molecule has 0 radical (unpaired) electrons. The lowest BCUT2D eigenvalue weighted by Gasteiger charge is -2.10. The van der Waals surface area contributed by atoms with E-state index in [4.69, 9.17) is 0 Å². The lowest BCUT2D eigenvalue weighted by Crippen LogP contribution is -2.30. The number of rotatable bonds is 5. The molecule has 0 saturated carbocycles. The summed E-state index contributed by atoms with van der Waals surface area (Å²) in [6, 6.07) is 6.64. The Morgan fingerprint density at radius 1 is 1.21 bits per heavy atom. The number of carbonyl (C=O) groups excluding carboxylic acids is 3. The van der Waals surface area contributed by atoms with Gasteiger partial charge in [0.25, 0.3) is 5.91 Å². The summed E-state index contributed by atoms with van der Waals surface area (Å²) in [5, 5.41) is 5.35. The van der Waals surface area contributed by atoms with Gasteiger partial charge in [-0.15, -0.1) is 0 Å². The van der Waals surface area contributed by atoms with Gasteiger partial charge in [0, 0.05) is 17.3 Å². The molecular weight excluding hydrogens is 244 g/mol. The van der Waals surface area contributed by atoms with Gasteiger partial charge in [-0.2, -0.15) is 0 Å². The van der Waals surface area contributed by atoms with Crippen LogP contribution in [0, 0.1) is 0 Å². The zero-order chi connectivity index (χ0) is 14.4. The molecule has 1 aromatic carbocycles. The van der Waals surface area contributed by atoms with Crippen LogP contribution in [0.25, 0.3) is 0 Å². The molecule has 0 aliphatic rings. The third-order valence-corrected chi connectivity index (χ3v) is 2.24. The highest BCUT2D eigenvalue weighted by molar-refractivity contribution is 6.04. The van der Waals surface area contributed by atoms with Crippen molar-refractivity contribution in [3.05, 3.63) is 29.8 Å². The van der Waals surface area contributed by atoms with Gasteiger partial charge < -0.3 is 10.6 Å². The van der Waals surface area contributed by atoms with Crippen LogP contribution in [0.15, 0.2) is 24.3 Å². The first-order chi connectivity index (χ1) is 8.88. The topological polar surface area (TPSA) is 75.3 Å². The van der Waals surface area contributed by atoms with Gasteiger partial charge in [-0.3, -0.25) is 14.4 Å². The fraction of sp³-hybridized carbons (Fsp3) is 0.357. The summed E-state index contributed by atoms with van der Waals surface area (Å²) in [6.07, 6.45) is -0.164. The van der Waals surface area contributed by atoms with Crippen LogP contribution in [0.1, 0.15) is 37.6 Å². The van der Waals surface area contributed by atoms with E-state index < -0.39 is 0 Å². The van der Waals surface area contributed by atoms with Gasteiger partial charge in [-0.25, -0.2) is 0 Å². The van der Waals surface area contributed by atoms with Crippen LogP contribution in [-0.4, -0.2) is 23.6 Å². The van der Waals surface area contributed by atoms with Gasteiger partial charge >= 0.3 is 0 Å². The largest absolute Gasteiger partial charge is 0.350 e. The number of benzene rings is 1. The molecule has 0 aromatic heterocycles. The van der Waals surface area contributed by atoms with Crippen molar-refractivity contribution in [2.75, 3.05) is 5.32 Å². The molecule has 2 amide bonds. The molecule has 0 heterocycles. The number of hydrogen-bond donors (Lipinski definition) is 2. The van der Waals surface area contributed by atoms with E-state index in [-0.39, 0.29) is 30.1 Å². The highest BCUT2D eigenvalue weighted by Gasteiger charge is 2.09. The second kappa shape index (κ2) is 6.68. The van der Waals surface area contributed by atoms with Gasteiger partial charge in [0.2, 0.25) is 5.91 Å². The number of anilines is 1. The second-order valence-corrected chi connectivity index (χ2v) is 4.64. The van der Waals surface area contributed by atoms with Crippen molar-refractivity contribution in [2.45, 2.75) is 33.2 Å². The van der Waals surface area contributed by atoms with Crippen molar-refractivity contribution < 1.29 is 14.4 Å². The van der Waals surface area contributed by atoms with Crippen molar-refractivity contribution >= 4 is 23.3 Å². The Kier molecular flexibility index (Phi) is 5.23. The molecule has 5 nitrogen and oxygen atoms in total. The Balaban J connectivity index is 2.74. The fourth-order valence-electron chi connectivity index (χ4n) is 1.51. The Labute approximate surface area is 112 Å². The van der Waals surface area contributed by atoms with E-state index in [1.807, 2.05) is 13.8 Å². The van der Waals surface area contributed by atoms with Crippen LogP contribution in [0.5, 0.6) is 0 Å². The Hall–Kier alpha value is -2.17. The maximum atomic E-state index is 11.8. The molecule has 0 atom stereocenters. The first-order valence-corrected chi connectivity index (χ1v) is 6.08. The van der Waals surface area contributed by atoms with E-state index in [9.17, 15) is 14.4 Å². The molecule has 1 rings (SSSR count). The molecule has 0 aliphatic carbocycles. The number of ketones is 1. The minimum Gasteiger partial charge on any atom is -0.350 e. The molecule has 0 fully saturated rings. The van der Waals surface area contributed by atoms with Gasteiger partial charge in [0.15, 0.2) is 0 Å². The second-order valence-electron chi connectivity index (χ2n) is 4.64. The van der Waals surface area contributed by atoms with Crippen molar-refractivity contribution in [2.24, 2.45) is 0 Å². The standard InChI is InChI=1S/C14H18N2O3/c1-9(2)15-14(19)11-5-4-6-12(8-11)16-13(18)7-10(3)17/h4-6,8-9H,7H2,1-3H3,(H,15,19)(H,16,18). The normalized spacial score (nSPS) is 10.1. The summed E-state index contributed by atoms with van der Waals surface area (Å²) in [7, 11) is 0. The minimum atomic E-state index is -0.381. The Morgan fingerprint density at radius 2 is 1.89 bits per heavy atom. The first kappa shape index (κ1) is 14.9. The van der Waals surface area contributed by atoms with Crippen LogP contribution < -0.4 is 10.6 Å². The predicted molar refractivity (Wildman–Crippen MR) is 73.0 cm³/mol. The number of nitrogens with one attached hydrogen (secondary N) is 2. The molecule has 5 heteroatoms. The third-order valence-electron chi connectivity index (χ3n) is 2.24. The van der Waals surface area contributed by atoms with Crippen LogP contribution in [0.3, 0.4) is 0 Å². The number of amides is 2. The van der Waals surface area contributed by atoms with Crippen molar-refractivity contribution in [1.82, 2.24) is 5.32 Å². The van der Waals surface area contributed by atoms with Crippen LogP contribution in [0.4, 0.5) is 5.69 Å². The van der Waals surface area contributed by atoms with Crippen molar-refractivity contribution in [3.63, 3.8) is 0 Å². The van der Waals surface area contributed by atoms with E-state index in [2.05, 4.69) is 10.6 Å². The quantitative estimate of drug-likeness (QED) is 0.794. The molecule has 0 saturated heterocycles. The van der Waals surface area contributed by atoms with E-state index >= 15 is 0 Å². The average molecular weight is 262 g/mol. The Morgan fingerprint density at radius 3 is 2.47 bits per heavy atom. The minimum absolute atomic E-state index is 0.0449. The molecule has 1 aromatic rings. The smallest absolute Gasteiger partial charge is 0.251 e. The van der Waals surface area contributed by atoms with Gasteiger partial charge in [0.05, 0.1) is 6.42 Å². The molecular formula is C14H18N2O3. The highest BCUT2D eigenvalue weighted by atomic mass is 16.2. The molecule has 2 N–H and O–H groups in total. The molecule has 0 aliphatic heterocycles. The number of hydrogen-bond acceptors (Lipinski definition) is 3. The summed E-state index contributed by atoms with van der Waals surface area (Å²) < 4.78 is 0. The highest BCUT2D eigenvalue weighted by Crippen LogP contribution is 2.11. The summed E-state index contributed by atoms with van der Waals surface area (Å²) in [5.74, 6) is -0.780. The van der Waals surface area contributed by atoms with Gasteiger partial charge in [-0.05, 0) is 39.0 Å². The zero-order valence-corrected chi connectivity index (χ0v) is 11.3. The van der Waals surface area contributed by atoms with Crippen molar-refractivity contribution in [3.8, 4) is 0 Å². The van der Waals surface area contributed by atoms with E-state index in [0.29, 0.717) is 11.3 Å². The average Bonchev–Trinajstić information content (AvgIpc) is 2.27. The summed E-state index contributed by atoms with van der Waals surface area (Å²) in [5.41, 5.74) is 0.969. The van der Waals surface area contributed by atoms with Gasteiger partial charge in [-0.1, -0.05) is 6.07 Å². The Bertz CT molecular complexity index is 495.